The highest BCUT2D eigenvalue weighted by Crippen LogP contribution is 2.37. The van der Waals surface area contributed by atoms with Gasteiger partial charge < -0.3 is 13.7 Å². The molecule has 7 heteroatoms. The average molecular weight is 606 g/mol. The SMILES string of the molecule is O=C(/C=C/c1ccc(COc2c(Br)cc(Br)cc2Br)o1)c1ccc(-n2cccc2)cc1. The molecule has 0 fully saturated rings. The summed E-state index contributed by atoms with van der Waals surface area (Å²) in [7, 11) is 0. The maximum atomic E-state index is 12.5. The zero-order valence-electron chi connectivity index (χ0n) is 16.1. The summed E-state index contributed by atoms with van der Waals surface area (Å²) in [4.78, 5) is 12.5. The van der Waals surface area contributed by atoms with E-state index in [0.29, 0.717) is 22.8 Å². The van der Waals surface area contributed by atoms with E-state index in [-0.39, 0.29) is 12.4 Å². The van der Waals surface area contributed by atoms with Crippen molar-refractivity contribution < 1.29 is 13.9 Å². The van der Waals surface area contributed by atoms with Gasteiger partial charge in [-0.25, -0.2) is 0 Å². The molecule has 0 unspecified atom stereocenters. The van der Waals surface area contributed by atoms with E-state index >= 15 is 0 Å². The van der Waals surface area contributed by atoms with Crippen LogP contribution in [-0.4, -0.2) is 10.4 Å². The number of ketones is 1. The Kier molecular flexibility index (Phi) is 6.95. The minimum atomic E-state index is -0.0871. The maximum Gasteiger partial charge on any atom is 0.185 e. The lowest BCUT2D eigenvalue weighted by molar-refractivity contribution is 0.104. The van der Waals surface area contributed by atoms with Crippen LogP contribution >= 0.6 is 47.8 Å². The fourth-order valence-corrected chi connectivity index (χ4v) is 5.42. The lowest BCUT2D eigenvalue weighted by atomic mass is 10.1. The molecule has 0 saturated heterocycles. The van der Waals surface area contributed by atoms with Crippen LogP contribution < -0.4 is 4.74 Å². The standard InChI is InChI=1S/C24H16Br3NO3/c25-17-13-21(26)24(22(27)14-17)30-15-20-8-7-19(31-20)9-10-23(29)16-3-5-18(6-4-16)28-11-1-2-12-28/h1-14H,15H2/b10-9+. The van der Waals surface area contributed by atoms with Gasteiger partial charge in [-0.15, -0.1) is 0 Å². The predicted molar refractivity (Wildman–Crippen MR) is 132 cm³/mol. The van der Waals surface area contributed by atoms with Gasteiger partial charge in [0.25, 0.3) is 0 Å². The molecule has 4 rings (SSSR count). The second-order valence-corrected chi connectivity index (χ2v) is 9.25. The van der Waals surface area contributed by atoms with E-state index in [4.69, 9.17) is 9.15 Å². The van der Waals surface area contributed by atoms with Gasteiger partial charge in [-0.3, -0.25) is 4.79 Å². The molecule has 2 aromatic heterocycles. The van der Waals surface area contributed by atoms with E-state index < -0.39 is 0 Å². The quantitative estimate of drug-likeness (QED) is 0.159. The van der Waals surface area contributed by atoms with Gasteiger partial charge >= 0.3 is 0 Å². The van der Waals surface area contributed by atoms with E-state index in [9.17, 15) is 4.79 Å². The fraction of sp³-hybridized carbons (Fsp3) is 0.0417. The first kappa shape index (κ1) is 21.9. The molecule has 0 N–H and O–H groups in total. The molecular weight excluding hydrogens is 590 g/mol. The van der Waals surface area contributed by atoms with Crippen LogP contribution in [0, 0.1) is 0 Å². The highest BCUT2D eigenvalue weighted by molar-refractivity contribution is 9.11. The minimum absolute atomic E-state index is 0.0871. The molecule has 0 aliphatic heterocycles. The Morgan fingerprint density at radius 3 is 2.32 bits per heavy atom. The molecule has 0 radical (unpaired) electrons. The van der Waals surface area contributed by atoms with Crippen LogP contribution in [0.5, 0.6) is 5.75 Å². The molecule has 31 heavy (non-hydrogen) atoms. The Bertz CT molecular complexity index is 1200. The number of furan rings is 1. The summed E-state index contributed by atoms with van der Waals surface area (Å²) in [6, 6.07) is 18.8. The topological polar surface area (TPSA) is 44.4 Å². The van der Waals surface area contributed by atoms with Gasteiger partial charge in [0.15, 0.2) is 5.78 Å². The van der Waals surface area contributed by atoms with Gasteiger partial charge in [-0.05, 0) is 105 Å². The van der Waals surface area contributed by atoms with Crippen molar-refractivity contribution in [2.75, 3.05) is 0 Å². The van der Waals surface area contributed by atoms with Gasteiger partial charge in [0.2, 0.25) is 0 Å². The van der Waals surface area contributed by atoms with Gasteiger partial charge in [-0.1, -0.05) is 15.9 Å². The van der Waals surface area contributed by atoms with E-state index in [1.165, 1.54) is 6.08 Å². The summed E-state index contributed by atoms with van der Waals surface area (Å²) < 4.78 is 16.2. The lowest BCUT2D eigenvalue weighted by Crippen LogP contribution is -1.96. The van der Waals surface area contributed by atoms with Crippen LogP contribution in [0.25, 0.3) is 11.8 Å². The summed E-state index contributed by atoms with van der Waals surface area (Å²) in [5.41, 5.74) is 1.62. The predicted octanol–water partition coefficient (Wildman–Crippen LogP) is 7.83. The van der Waals surface area contributed by atoms with Crippen molar-refractivity contribution in [3.8, 4) is 11.4 Å². The number of nitrogens with zero attached hydrogens (tertiary/aromatic N) is 1. The summed E-state index contributed by atoms with van der Waals surface area (Å²) in [6.45, 7) is 0.265. The van der Waals surface area contributed by atoms with Crippen LogP contribution in [0.4, 0.5) is 0 Å². The molecule has 156 valence electrons. The average Bonchev–Trinajstić information content (AvgIpc) is 3.44. The number of ether oxygens (including phenoxy) is 1. The van der Waals surface area contributed by atoms with Crippen molar-refractivity contribution in [2.45, 2.75) is 6.61 Å². The summed E-state index contributed by atoms with van der Waals surface area (Å²) in [6.07, 6.45) is 7.10. The van der Waals surface area contributed by atoms with Crippen molar-refractivity contribution in [3.63, 3.8) is 0 Å². The summed E-state index contributed by atoms with van der Waals surface area (Å²) in [5.74, 6) is 1.85. The molecule has 0 aliphatic carbocycles. The number of allylic oxidation sites excluding steroid dienone is 1. The number of carbonyl (C=O) groups excluding carboxylic acids is 1. The van der Waals surface area contributed by atoms with Crippen molar-refractivity contribution in [3.05, 3.63) is 110 Å². The van der Waals surface area contributed by atoms with E-state index in [1.54, 1.807) is 6.08 Å². The Morgan fingerprint density at radius 2 is 1.65 bits per heavy atom. The lowest BCUT2D eigenvalue weighted by Gasteiger charge is -2.09. The zero-order chi connectivity index (χ0) is 21.8. The second-order valence-electron chi connectivity index (χ2n) is 6.63. The first-order valence-corrected chi connectivity index (χ1v) is 11.7. The van der Waals surface area contributed by atoms with Crippen molar-refractivity contribution in [2.24, 2.45) is 0 Å². The Morgan fingerprint density at radius 1 is 0.968 bits per heavy atom. The van der Waals surface area contributed by atoms with E-state index in [0.717, 1.165) is 19.1 Å². The summed E-state index contributed by atoms with van der Waals surface area (Å²) in [5, 5.41) is 0. The normalized spacial score (nSPS) is 11.2. The van der Waals surface area contributed by atoms with Crippen LogP contribution in [0.3, 0.4) is 0 Å². The van der Waals surface area contributed by atoms with Crippen LogP contribution in [0.15, 0.2) is 97.0 Å². The summed E-state index contributed by atoms with van der Waals surface area (Å²) >= 11 is 10.4. The van der Waals surface area contributed by atoms with Crippen LogP contribution in [0.2, 0.25) is 0 Å². The van der Waals surface area contributed by atoms with Gasteiger partial charge in [0, 0.05) is 28.1 Å². The number of carbonyl (C=O) groups is 1. The van der Waals surface area contributed by atoms with Crippen LogP contribution in [0.1, 0.15) is 21.9 Å². The second kappa shape index (κ2) is 9.85. The molecule has 4 nitrogen and oxygen atoms in total. The van der Waals surface area contributed by atoms with E-state index in [2.05, 4.69) is 47.8 Å². The number of rotatable bonds is 7. The number of benzene rings is 2. The fourth-order valence-electron chi connectivity index (χ4n) is 2.93. The molecule has 0 spiro atoms. The molecule has 2 aromatic carbocycles. The molecule has 4 aromatic rings. The van der Waals surface area contributed by atoms with Gasteiger partial charge in [0.1, 0.15) is 23.9 Å². The molecule has 0 saturated carbocycles. The number of aromatic nitrogens is 1. The highest BCUT2D eigenvalue weighted by atomic mass is 79.9. The molecule has 2 heterocycles. The Balaban J connectivity index is 1.37. The van der Waals surface area contributed by atoms with Crippen molar-refractivity contribution in [1.82, 2.24) is 4.57 Å². The third kappa shape index (κ3) is 5.47. The third-order valence-corrected chi connectivity index (χ3v) is 6.09. The number of halogens is 3. The Hall–Kier alpha value is -2.35. The largest absolute Gasteiger partial charge is 0.483 e. The number of hydrogen-bond donors (Lipinski definition) is 0. The maximum absolute atomic E-state index is 12.5. The van der Waals surface area contributed by atoms with Crippen molar-refractivity contribution in [1.29, 1.82) is 0 Å². The molecule has 0 atom stereocenters. The van der Waals surface area contributed by atoms with Gasteiger partial charge in [-0.2, -0.15) is 0 Å². The molecular formula is C24H16Br3NO3. The minimum Gasteiger partial charge on any atom is -0.483 e. The highest BCUT2D eigenvalue weighted by Gasteiger charge is 2.10. The Labute approximate surface area is 204 Å². The third-order valence-electron chi connectivity index (χ3n) is 4.46. The first-order valence-electron chi connectivity index (χ1n) is 9.31. The van der Waals surface area contributed by atoms with E-state index in [1.807, 2.05) is 77.6 Å². The van der Waals surface area contributed by atoms with Gasteiger partial charge in [0.05, 0.1) is 8.95 Å². The van der Waals surface area contributed by atoms with Crippen molar-refractivity contribution >= 4 is 59.6 Å². The molecule has 0 aliphatic rings. The smallest absolute Gasteiger partial charge is 0.185 e. The first-order chi connectivity index (χ1) is 15.0. The molecule has 0 bridgehead atoms. The monoisotopic (exact) mass is 603 g/mol. The molecule has 0 amide bonds. The zero-order valence-corrected chi connectivity index (χ0v) is 20.9. The number of hydrogen-bond acceptors (Lipinski definition) is 3. The van der Waals surface area contributed by atoms with Crippen LogP contribution in [-0.2, 0) is 6.61 Å².